The van der Waals surface area contributed by atoms with Crippen LogP contribution in [0.3, 0.4) is 0 Å². The molecule has 0 radical (unpaired) electrons. The predicted molar refractivity (Wildman–Crippen MR) is 305 cm³/mol. The fourth-order valence-electron chi connectivity index (χ4n) is 12.2. The lowest BCUT2D eigenvalue weighted by atomic mass is 9.93. The van der Waals surface area contributed by atoms with Gasteiger partial charge in [0.05, 0.1) is 46.2 Å². The highest BCUT2D eigenvalue weighted by molar-refractivity contribution is 5.74. The standard InChI is InChI=1S/C55H95N5O36/c1-17(67)57-28-37(76)32(71)21(10-61)85-50(28)95-47-41(80)34(73)23(12-63)87-54(47)84-16-27-36(75)46(94-55-48(42(81)35(74)24(13-64)88-55)96-51-29(58-18(2)68)38(77)33(72)22(11-62)86-51)43(82)53(91-27)93-45-26(15-66)90-52(31(40(45)79)60-20(4)70)92-44-25(14-65)89-49(83-9-7-5-6-8-56)30(39(44)78)59-19(3)69/h21-55,61-66,71-82H,5-16,56H2,1-4H3,(H,57,67)(H,58,68)(H,59,69)(H,60,70)/t21-,22-,23-,24-,25-,26-,27-,28-,29-,30-,31-,32-,33-,34-,35-,36-,37-,38-,39-,40-,41+,42+,43+,44-,45-,46+,47+,48+,49-,50+,51+,52+,53+,54+,55-/m1/s1. The number of nitrogens with two attached hydrogens (primary N) is 1. The van der Waals surface area contributed by atoms with Crippen molar-refractivity contribution < 1.29 is 177 Å². The van der Waals surface area contributed by atoms with Gasteiger partial charge in [0, 0.05) is 34.3 Å². The zero-order chi connectivity index (χ0) is 70.7. The van der Waals surface area contributed by atoms with E-state index in [1.807, 2.05) is 0 Å². The van der Waals surface area contributed by atoms with Gasteiger partial charge in [-0.05, 0) is 25.8 Å². The number of ether oxygens (including phenoxy) is 14. The molecule has 0 unspecified atom stereocenters. The van der Waals surface area contributed by atoms with Gasteiger partial charge in [0.25, 0.3) is 0 Å². The highest BCUT2D eigenvalue weighted by Gasteiger charge is 2.59. The normalized spacial score (nSPS) is 45.4. The number of aliphatic hydroxyl groups is 18. The van der Waals surface area contributed by atoms with Gasteiger partial charge in [-0.15, -0.1) is 0 Å². The molecule has 7 rings (SSSR count). The lowest BCUT2D eigenvalue weighted by Crippen LogP contribution is -2.71. The van der Waals surface area contributed by atoms with Crippen LogP contribution < -0.4 is 27.0 Å². The number of aliphatic hydroxyl groups excluding tert-OH is 18. The summed E-state index contributed by atoms with van der Waals surface area (Å²) in [6.45, 7) is -2.43. The van der Waals surface area contributed by atoms with Gasteiger partial charge in [0.1, 0.15) is 171 Å². The molecule has 0 bridgehead atoms. The molecule has 7 heterocycles. The summed E-state index contributed by atoms with van der Waals surface area (Å²) in [6, 6.07) is -6.61. The van der Waals surface area contributed by atoms with Crippen LogP contribution in [0, 0.1) is 0 Å². The lowest BCUT2D eigenvalue weighted by Gasteiger charge is -2.51. The van der Waals surface area contributed by atoms with Crippen molar-refractivity contribution in [1.82, 2.24) is 21.3 Å². The van der Waals surface area contributed by atoms with Crippen LogP contribution in [0.15, 0.2) is 0 Å². The second-order valence-electron chi connectivity index (χ2n) is 24.2. The van der Waals surface area contributed by atoms with E-state index in [1.165, 1.54) is 0 Å². The number of hydrogen-bond acceptors (Lipinski definition) is 37. The molecular weight excluding hydrogens is 1310 g/mol. The van der Waals surface area contributed by atoms with Gasteiger partial charge in [-0.1, -0.05) is 0 Å². The number of carbonyl (C=O) groups excluding carboxylic acids is 4. The van der Waals surface area contributed by atoms with E-state index in [0.29, 0.717) is 25.8 Å². The molecule has 35 atom stereocenters. The van der Waals surface area contributed by atoms with Crippen molar-refractivity contribution >= 4 is 23.6 Å². The summed E-state index contributed by atoms with van der Waals surface area (Å²) in [4.78, 5) is 50.2. The van der Waals surface area contributed by atoms with Crippen LogP contribution in [0.25, 0.3) is 0 Å². The first kappa shape index (κ1) is 79.9. The Bertz CT molecular complexity index is 2430. The molecule has 7 aliphatic rings. The van der Waals surface area contributed by atoms with Crippen LogP contribution in [0.1, 0.15) is 47.0 Å². The van der Waals surface area contributed by atoms with Crippen molar-refractivity contribution in [3.8, 4) is 0 Å². The van der Waals surface area contributed by atoms with Crippen LogP contribution >= 0.6 is 0 Å². The molecular formula is C55H95N5O36. The van der Waals surface area contributed by atoms with E-state index < -0.39 is 285 Å². The molecule has 0 aromatic carbocycles. The zero-order valence-electron chi connectivity index (χ0n) is 52.7. The van der Waals surface area contributed by atoms with Crippen molar-refractivity contribution in [2.45, 2.75) is 262 Å². The molecule has 0 saturated carbocycles. The fourth-order valence-corrected chi connectivity index (χ4v) is 12.2. The summed E-state index contributed by atoms with van der Waals surface area (Å²) >= 11 is 0. The van der Waals surface area contributed by atoms with Crippen LogP contribution in [0.5, 0.6) is 0 Å². The highest BCUT2D eigenvalue weighted by Crippen LogP contribution is 2.38. The number of nitrogens with one attached hydrogen (secondary N) is 4. The van der Waals surface area contributed by atoms with Gasteiger partial charge in [-0.3, -0.25) is 19.2 Å². The van der Waals surface area contributed by atoms with Crippen molar-refractivity contribution in [1.29, 1.82) is 0 Å². The van der Waals surface area contributed by atoms with Crippen LogP contribution in [-0.2, 0) is 85.5 Å². The summed E-state index contributed by atoms with van der Waals surface area (Å²) in [6.07, 6.45) is -59.1. The summed E-state index contributed by atoms with van der Waals surface area (Å²) in [5.41, 5.74) is 5.60. The predicted octanol–water partition coefficient (Wildman–Crippen LogP) is -14.5. The Balaban J connectivity index is 1.24. The Morgan fingerprint density at radius 2 is 0.635 bits per heavy atom. The van der Waals surface area contributed by atoms with Gasteiger partial charge >= 0.3 is 0 Å². The lowest BCUT2D eigenvalue weighted by molar-refractivity contribution is -0.396. The Labute approximate surface area is 547 Å². The van der Waals surface area contributed by atoms with Crippen LogP contribution in [0.4, 0.5) is 0 Å². The minimum absolute atomic E-state index is 0.0663. The largest absolute Gasteiger partial charge is 0.394 e. The quantitative estimate of drug-likeness (QED) is 0.0309. The second kappa shape index (κ2) is 36.4. The van der Waals surface area contributed by atoms with Gasteiger partial charge in [-0.2, -0.15) is 0 Å². The Morgan fingerprint density at radius 3 is 1.05 bits per heavy atom. The third kappa shape index (κ3) is 18.8. The molecule has 556 valence electrons. The summed E-state index contributed by atoms with van der Waals surface area (Å²) in [5, 5.41) is 210. The molecule has 0 aromatic rings. The van der Waals surface area contributed by atoms with E-state index in [0.717, 1.165) is 27.7 Å². The molecule has 41 nitrogen and oxygen atoms in total. The first-order valence-corrected chi connectivity index (χ1v) is 31.3. The third-order valence-electron chi connectivity index (χ3n) is 17.3. The van der Waals surface area contributed by atoms with E-state index in [1.54, 1.807) is 0 Å². The van der Waals surface area contributed by atoms with Crippen molar-refractivity contribution in [2.24, 2.45) is 5.73 Å². The highest BCUT2D eigenvalue weighted by atomic mass is 16.8. The van der Waals surface area contributed by atoms with E-state index in [9.17, 15) is 111 Å². The molecule has 96 heavy (non-hydrogen) atoms. The van der Waals surface area contributed by atoms with Crippen LogP contribution in [0.2, 0.25) is 0 Å². The number of carbonyl (C=O) groups is 4. The molecule has 7 aliphatic heterocycles. The van der Waals surface area contributed by atoms with Crippen molar-refractivity contribution in [3.63, 3.8) is 0 Å². The smallest absolute Gasteiger partial charge is 0.217 e. The summed E-state index contributed by atoms with van der Waals surface area (Å²) < 4.78 is 83.8. The van der Waals surface area contributed by atoms with E-state index >= 15 is 0 Å². The van der Waals surface area contributed by atoms with E-state index in [4.69, 9.17) is 72.0 Å². The molecule has 4 amide bonds. The van der Waals surface area contributed by atoms with Crippen LogP contribution in [-0.4, -0.2) is 390 Å². The number of amides is 4. The van der Waals surface area contributed by atoms with Gasteiger partial charge in [0.2, 0.25) is 23.6 Å². The minimum Gasteiger partial charge on any atom is -0.394 e. The number of rotatable bonds is 29. The van der Waals surface area contributed by atoms with Gasteiger partial charge in [-0.25, -0.2) is 0 Å². The Hall–Kier alpha value is -3.44. The SMILES string of the molecule is CC(=O)N[C@H]1[C@H](O[C@H]2[C@H](O)[C@@H](NC(C)=O)[C@H](OCCCCCN)O[C@@H]2CO)O[C@H](CO)[C@@H](O[C@@H]2O[C@H](CO[C@H]3O[C@H](CO)[C@@H](O)[C@H](O)[C@@H]3O[C@@H]3O[C@H](CO)[C@@H](O)[C@H](O)[C@H]3NC(C)=O)[C@@H](O)[C@H](O[C@H]3O[C@H](CO)[C@@H](O)[C@H](O)[C@@H]3O[C@@H]3O[C@H](CO)[C@@H](O)[C@H](O)[C@H]3NC(C)=O)[C@@H]2O)[C@@H]1O. The maximum absolute atomic E-state index is 13.0. The molecule has 41 heteroatoms. The maximum atomic E-state index is 13.0. The fraction of sp³-hybridized carbons (Fsp3) is 0.927. The molecule has 0 spiro atoms. The van der Waals surface area contributed by atoms with Crippen molar-refractivity contribution in [2.75, 3.05) is 59.4 Å². The monoisotopic (exact) mass is 1400 g/mol. The minimum atomic E-state index is -2.44. The zero-order valence-corrected chi connectivity index (χ0v) is 52.7. The molecule has 0 aliphatic carbocycles. The molecule has 7 saturated heterocycles. The van der Waals surface area contributed by atoms with E-state index in [-0.39, 0.29) is 6.61 Å². The maximum Gasteiger partial charge on any atom is 0.217 e. The topological polar surface area (TPSA) is 636 Å². The van der Waals surface area contributed by atoms with Gasteiger partial charge in [0.15, 0.2) is 44.0 Å². The number of hydrogen-bond donors (Lipinski definition) is 23. The summed E-state index contributed by atoms with van der Waals surface area (Å²) in [7, 11) is 0. The van der Waals surface area contributed by atoms with Crippen molar-refractivity contribution in [3.05, 3.63) is 0 Å². The van der Waals surface area contributed by atoms with Gasteiger partial charge < -0.3 is 185 Å². The average molecular weight is 1400 g/mol. The van der Waals surface area contributed by atoms with E-state index in [2.05, 4.69) is 21.3 Å². The average Bonchev–Trinajstić information content (AvgIpc) is 0.782. The number of unbranched alkanes of at least 4 members (excludes halogenated alkanes) is 2. The second-order valence-corrected chi connectivity index (χ2v) is 24.2. The molecule has 24 N–H and O–H groups in total. The third-order valence-corrected chi connectivity index (χ3v) is 17.3. The first-order valence-electron chi connectivity index (χ1n) is 31.3. The summed E-state index contributed by atoms with van der Waals surface area (Å²) in [5.74, 6) is -3.16. The molecule has 7 fully saturated rings. The Morgan fingerprint density at radius 1 is 0.312 bits per heavy atom. The first-order chi connectivity index (χ1) is 45.6. The molecule has 0 aromatic heterocycles. The Kier molecular flexibility index (Phi) is 30.3.